The van der Waals surface area contributed by atoms with E-state index >= 15 is 13.2 Å². The van der Waals surface area contributed by atoms with Crippen LogP contribution in [-0.2, 0) is 17.6 Å². The first kappa shape index (κ1) is 27.3. The van der Waals surface area contributed by atoms with E-state index in [2.05, 4.69) is 6.92 Å². The van der Waals surface area contributed by atoms with E-state index in [1.165, 1.54) is 30.3 Å². The van der Waals surface area contributed by atoms with Gasteiger partial charge in [0.2, 0.25) is 0 Å². The standard InChI is InChI=1S/C31H33F5O/c1-3-5-19-7-12-23(37-18-19)13-10-21-11-14-25(30(35)28(21)33)26-16-15-24(29(34)31(26)36)22-9-8-20(6-4-2)27(32)17-22/h8-9,11,14-17,19,23H,3-7,10,12-13,18H2,1-2H3. The van der Waals surface area contributed by atoms with Crippen molar-refractivity contribution in [2.24, 2.45) is 5.92 Å². The summed E-state index contributed by atoms with van der Waals surface area (Å²) < 4.78 is 80.2. The number of aryl methyl sites for hydroxylation is 2. The normalized spacial score (nSPS) is 17.8. The van der Waals surface area contributed by atoms with E-state index < -0.39 is 29.1 Å². The lowest BCUT2D eigenvalue weighted by Gasteiger charge is -2.29. The van der Waals surface area contributed by atoms with Crippen LogP contribution in [0.4, 0.5) is 22.0 Å². The summed E-state index contributed by atoms with van der Waals surface area (Å²) in [4.78, 5) is 0. The third-order valence-corrected chi connectivity index (χ3v) is 7.32. The van der Waals surface area contributed by atoms with Gasteiger partial charge < -0.3 is 4.74 Å². The minimum atomic E-state index is -1.31. The molecule has 1 heterocycles. The largest absolute Gasteiger partial charge is 0.378 e. The summed E-state index contributed by atoms with van der Waals surface area (Å²) in [5.74, 6) is -4.75. The Bertz CT molecular complexity index is 1230. The molecule has 0 N–H and O–H groups in total. The van der Waals surface area contributed by atoms with Gasteiger partial charge in [-0.2, -0.15) is 0 Å². The Labute approximate surface area is 215 Å². The van der Waals surface area contributed by atoms with Crippen molar-refractivity contribution in [1.29, 1.82) is 0 Å². The molecule has 0 bridgehead atoms. The number of hydrogen-bond acceptors (Lipinski definition) is 1. The van der Waals surface area contributed by atoms with Crippen molar-refractivity contribution in [3.8, 4) is 22.3 Å². The highest BCUT2D eigenvalue weighted by atomic mass is 19.2. The van der Waals surface area contributed by atoms with Crippen LogP contribution in [0.15, 0.2) is 42.5 Å². The minimum Gasteiger partial charge on any atom is -0.378 e. The zero-order valence-corrected chi connectivity index (χ0v) is 21.4. The summed E-state index contributed by atoms with van der Waals surface area (Å²) in [5.41, 5.74) is -0.0322. The van der Waals surface area contributed by atoms with Crippen molar-refractivity contribution < 1.29 is 26.7 Å². The second-order valence-corrected chi connectivity index (χ2v) is 9.97. The van der Waals surface area contributed by atoms with Gasteiger partial charge in [-0.3, -0.25) is 0 Å². The lowest BCUT2D eigenvalue weighted by molar-refractivity contribution is -0.0216. The summed E-state index contributed by atoms with van der Waals surface area (Å²) in [6.07, 6.45) is 6.39. The maximum Gasteiger partial charge on any atom is 0.167 e. The monoisotopic (exact) mass is 516 g/mol. The van der Waals surface area contributed by atoms with Gasteiger partial charge in [-0.1, -0.05) is 63.1 Å². The van der Waals surface area contributed by atoms with Crippen LogP contribution in [0.3, 0.4) is 0 Å². The minimum absolute atomic E-state index is 0.00945. The van der Waals surface area contributed by atoms with Gasteiger partial charge >= 0.3 is 0 Å². The first-order chi connectivity index (χ1) is 17.8. The van der Waals surface area contributed by atoms with Crippen LogP contribution < -0.4 is 0 Å². The van der Waals surface area contributed by atoms with E-state index in [0.29, 0.717) is 37.4 Å². The molecule has 0 spiro atoms. The molecular weight excluding hydrogens is 483 g/mol. The van der Waals surface area contributed by atoms with Crippen molar-refractivity contribution in [1.82, 2.24) is 0 Å². The Morgan fingerprint density at radius 2 is 1.32 bits per heavy atom. The van der Waals surface area contributed by atoms with Gasteiger partial charge in [-0.25, -0.2) is 22.0 Å². The van der Waals surface area contributed by atoms with Crippen LogP contribution >= 0.6 is 0 Å². The molecular formula is C31H33F5O. The van der Waals surface area contributed by atoms with E-state index in [9.17, 15) is 8.78 Å². The second kappa shape index (κ2) is 12.2. The highest BCUT2D eigenvalue weighted by molar-refractivity contribution is 5.72. The third kappa shape index (κ3) is 6.06. The van der Waals surface area contributed by atoms with E-state index in [-0.39, 0.29) is 33.9 Å². The van der Waals surface area contributed by atoms with Crippen LogP contribution in [0.2, 0.25) is 0 Å². The highest BCUT2D eigenvalue weighted by Gasteiger charge is 2.24. The first-order valence-corrected chi connectivity index (χ1v) is 13.2. The molecule has 3 aromatic carbocycles. The molecule has 1 aliphatic rings. The molecule has 3 aromatic rings. The molecule has 0 radical (unpaired) electrons. The molecule has 2 atom stereocenters. The summed E-state index contributed by atoms with van der Waals surface area (Å²) >= 11 is 0. The molecule has 0 saturated carbocycles. The fourth-order valence-electron chi connectivity index (χ4n) is 5.20. The molecule has 6 heteroatoms. The van der Waals surface area contributed by atoms with Crippen molar-refractivity contribution in [2.45, 2.75) is 71.3 Å². The Hall–Kier alpha value is -2.73. The quantitative estimate of drug-likeness (QED) is 0.258. The molecule has 0 amide bonds. The molecule has 198 valence electrons. The molecule has 1 saturated heterocycles. The van der Waals surface area contributed by atoms with Crippen molar-refractivity contribution in [3.63, 3.8) is 0 Å². The Morgan fingerprint density at radius 1 is 0.676 bits per heavy atom. The molecule has 37 heavy (non-hydrogen) atoms. The molecule has 0 aromatic heterocycles. The number of halogens is 5. The second-order valence-electron chi connectivity index (χ2n) is 9.97. The molecule has 0 aliphatic carbocycles. The summed E-state index contributed by atoms with van der Waals surface area (Å²) in [6.45, 7) is 4.77. The topological polar surface area (TPSA) is 9.23 Å². The SMILES string of the molecule is CCCc1ccc(-c2ccc(-c3ccc(CCC4CCC(CCC)CO4)c(F)c3F)c(F)c2F)cc1F. The lowest BCUT2D eigenvalue weighted by atomic mass is 9.92. The van der Waals surface area contributed by atoms with Crippen LogP contribution in [0, 0.1) is 35.0 Å². The van der Waals surface area contributed by atoms with Gasteiger partial charge in [0, 0.05) is 23.3 Å². The van der Waals surface area contributed by atoms with Gasteiger partial charge in [-0.15, -0.1) is 0 Å². The number of benzene rings is 3. The fraction of sp³-hybridized carbons (Fsp3) is 0.419. The van der Waals surface area contributed by atoms with Gasteiger partial charge in [0.25, 0.3) is 0 Å². The smallest absolute Gasteiger partial charge is 0.167 e. The first-order valence-electron chi connectivity index (χ1n) is 13.2. The Balaban J connectivity index is 1.51. The molecule has 1 nitrogen and oxygen atoms in total. The predicted octanol–water partition coefficient (Wildman–Crippen LogP) is 9.20. The van der Waals surface area contributed by atoms with Crippen LogP contribution in [0.5, 0.6) is 0 Å². The molecule has 1 aliphatic heterocycles. The van der Waals surface area contributed by atoms with Crippen molar-refractivity contribution in [3.05, 3.63) is 82.7 Å². The average Bonchev–Trinajstić information content (AvgIpc) is 2.89. The molecule has 1 fully saturated rings. The van der Waals surface area contributed by atoms with E-state index in [1.54, 1.807) is 6.07 Å². The van der Waals surface area contributed by atoms with Crippen LogP contribution in [0.1, 0.15) is 63.5 Å². The Kier molecular flexibility index (Phi) is 9.01. The van der Waals surface area contributed by atoms with Crippen LogP contribution in [0.25, 0.3) is 22.3 Å². The maximum atomic E-state index is 15.0. The summed E-state index contributed by atoms with van der Waals surface area (Å²) in [5, 5.41) is 0. The summed E-state index contributed by atoms with van der Waals surface area (Å²) in [6, 6.07) is 9.41. The van der Waals surface area contributed by atoms with E-state index in [4.69, 9.17) is 4.74 Å². The van der Waals surface area contributed by atoms with E-state index in [0.717, 1.165) is 38.2 Å². The zero-order chi connectivity index (χ0) is 26.5. The maximum absolute atomic E-state index is 15.0. The van der Waals surface area contributed by atoms with E-state index in [1.807, 2.05) is 6.92 Å². The number of hydrogen-bond donors (Lipinski definition) is 0. The third-order valence-electron chi connectivity index (χ3n) is 7.32. The van der Waals surface area contributed by atoms with Crippen LogP contribution in [-0.4, -0.2) is 12.7 Å². The number of rotatable bonds is 9. The zero-order valence-electron chi connectivity index (χ0n) is 21.4. The molecule has 4 rings (SSSR count). The predicted molar refractivity (Wildman–Crippen MR) is 137 cm³/mol. The van der Waals surface area contributed by atoms with Gasteiger partial charge in [-0.05, 0) is 67.2 Å². The summed E-state index contributed by atoms with van der Waals surface area (Å²) in [7, 11) is 0. The Morgan fingerprint density at radius 3 is 1.97 bits per heavy atom. The van der Waals surface area contributed by atoms with Gasteiger partial charge in [0.1, 0.15) is 5.82 Å². The number of ether oxygens (including phenoxy) is 1. The van der Waals surface area contributed by atoms with Gasteiger partial charge in [0.15, 0.2) is 23.3 Å². The highest BCUT2D eigenvalue weighted by Crippen LogP contribution is 2.35. The van der Waals surface area contributed by atoms with Crippen molar-refractivity contribution in [2.75, 3.05) is 6.61 Å². The fourth-order valence-corrected chi connectivity index (χ4v) is 5.20. The van der Waals surface area contributed by atoms with Gasteiger partial charge in [0.05, 0.1) is 6.10 Å². The van der Waals surface area contributed by atoms with Crippen molar-refractivity contribution >= 4 is 0 Å². The lowest BCUT2D eigenvalue weighted by Crippen LogP contribution is -2.26. The molecule has 2 unspecified atom stereocenters. The average molecular weight is 517 g/mol.